The van der Waals surface area contributed by atoms with Gasteiger partial charge in [-0.15, -0.1) is 0 Å². The van der Waals surface area contributed by atoms with Gasteiger partial charge in [0, 0.05) is 5.56 Å². The van der Waals surface area contributed by atoms with Gasteiger partial charge in [0.1, 0.15) is 17.3 Å². The number of nitrogens with zero attached hydrogens (tertiary/aromatic N) is 2. The van der Waals surface area contributed by atoms with Crippen LogP contribution in [0, 0.1) is 0 Å². The molecule has 3 aromatic carbocycles. The van der Waals surface area contributed by atoms with E-state index in [1.807, 2.05) is 72.8 Å². The molecule has 0 bridgehead atoms. The summed E-state index contributed by atoms with van der Waals surface area (Å²) in [6.07, 6.45) is 2.77. The van der Waals surface area contributed by atoms with Crippen molar-refractivity contribution in [3.63, 3.8) is 0 Å². The lowest BCUT2D eigenvalue weighted by Gasteiger charge is -2.19. The molecule has 4 nitrogen and oxygen atoms in total. The number of ether oxygens (including phenoxy) is 1. The Kier molecular flexibility index (Phi) is 5.25. The van der Waals surface area contributed by atoms with Crippen LogP contribution in [0.1, 0.15) is 23.6 Å². The van der Waals surface area contributed by atoms with Gasteiger partial charge in [0.15, 0.2) is 0 Å². The predicted octanol–water partition coefficient (Wildman–Crippen LogP) is 5.09. The first-order valence-corrected chi connectivity index (χ1v) is 9.63. The van der Waals surface area contributed by atoms with Crippen LogP contribution in [0.5, 0.6) is 5.75 Å². The number of amidine groups is 1. The molecule has 144 valence electrons. The molecule has 3 aromatic rings. The van der Waals surface area contributed by atoms with Crippen LogP contribution in [0.15, 0.2) is 89.6 Å². The van der Waals surface area contributed by atoms with Gasteiger partial charge in [-0.25, -0.2) is 4.99 Å². The second-order valence-corrected chi connectivity index (χ2v) is 6.76. The number of rotatable bonds is 5. The van der Waals surface area contributed by atoms with E-state index in [0.29, 0.717) is 11.5 Å². The summed E-state index contributed by atoms with van der Waals surface area (Å²) in [6, 6.07) is 25.4. The first kappa shape index (κ1) is 18.7. The average Bonchev–Trinajstić information content (AvgIpc) is 3.11. The molecular weight excluding hydrogens is 360 g/mol. The first-order valence-electron chi connectivity index (χ1n) is 9.63. The third-order valence-electron chi connectivity index (χ3n) is 4.91. The monoisotopic (exact) mass is 382 g/mol. The molecule has 0 N–H and O–H groups in total. The van der Waals surface area contributed by atoms with E-state index in [0.717, 1.165) is 29.0 Å². The second-order valence-electron chi connectivity index (χ2n) is 6.76. The van der Waals surface area contributed by atoms with Crippen LogP contribution in [0.4, 0.5) is 5.69 Å². The number of benzene rings is 3. The minimum atomic E-state index is -0.135. The molecule has 0 unspecified atom stereocenters. The normalized spacial score (nSPS) is 15.0. The topological polar surface area (TPSA) is 41.9 Å². The van der Waals surface area contributed by atoms with Gasteiger partial charge >= 0.3 is 0 Å². The van der Waals surface area contributed by atoms with E-state index in [9.17, 15) is 4.79 Å². The molecule has 0 spiro atoms. The molecule has 0 atom stereocenters. The maximum atomic E-state index is 13.3. The molecule has 0 aliphatic carbocycles. The summed E-state index contributed by atoms with van der Waals surface area (Å²) in [4.78, 5) is 19.7. The Hall–Kier alpha value is -3.66. The van der Waals surface area contributed by atoms with Crippen molar-refractivity contribution in [2.75, 3.05) is 12.0 Å². The Labute approximate surface area is 170 Å². The summed E-state index contributed by atoms with van der Waals surface area (Å²) in [5.74, 6) is 1.28. The average molecular weight is 382 g/mol. The third-order valence-corrected chi connectivity index (χ3v) is 4.91. The predicted molar refractivity (Wildman–Crippen MR) is 117 cm³/mol. The minimum Gasteiger partial charge on any atom is -0.497 e. The zero-order chi connectivity index (χ0) is 20.2. The minimum absolute atomic E-state index is 0.135. The zero-order valence-electron chi connectivity index (χ0n) is 16.5. The number of hydrogen-bond acceptors (Lipinski definition) is 3. The largest absolute Gasteiger partial charge is 0.497 e. The lowest BCUT2D eigenvalue weighted by Crippen LogP contribution is -2.32. The first-order chi connectivity index (χ1) is 14.2. The van der Waals surface area contributed by atoms with E-state index < -0.39 is 0 Å². The lowest BCUT2D eigenvalue weighted by molar-refractivity contribution is -0.113. The van der Waals surface area contributed by atoms with Crippen molar-refractivity contribution in [2.45, 2.75) is 13.3 Å². The summed E-state index contributed by atoms with van der Waals surface area (Å²) >= 11 is 0. The number of aliphatic imine (C=N–C) groups is 1. The van der Waals surface area contributed by atoms with Crippen molar-refractivity contribution in [2.24, 2.45) is 4.99 Å². The molecule has 0 aromatic heterocycles. The van der Waals surface area contributed by atoms with Crippen molar-refractivity contribution >= 4 is 23.5 Å². The Morgan fingerprint density at radius 3 is 2.24 bits per heavy atom. The fourth-order valence-corrected chi connectivity index (χ4v) is 3.28. The molecule has 1 aliphatic rings. The van der Waals surface area contributed by atoms with E-state index in [1.165, 1.54) is 5.56 Å². The standard InChI is InChI=1S/C25H22N2O2/c1-3-18-9-13-21(14-10-18)27-24(20-7-5-4-6-8-20)26-23(25(27)28)17-19-11-15-22(29-2)16-12-19/h4-17H,3H2,1-2H3/b23-17+. The van der Waals surface area contributed by atoms with E-state index in [4.69, 9.17) is 9.73 Å². The van der Waals surface area contributed by atoms with Crippen LogP contribution in [-0.4, -0.2) is 18.9 Å². The molecule has 1 amide bonds. The van der Waals surface area contributed by atoms with E-state index in [1.54, 1.807) is 12.0 Å². The van der Waals surface area contributed by atoms with Gasteiger partial charge in [0.25, 0.3) is 5.91 Å². The highest BCUT2D eigenvalue weighted by molar-refractivity contribution is 6.33. The highest BCUT2D eigenvalue weighted by Gasteiger charge is 2.32. The van der Waals surface area contributed by atoms with Crippen LogP contribution >= 0.6 is 0 Å². The smallest absolute Gasteiger partial charge is 0.282 e. The number of aryl methyl sites for hydroxylation is 1. The SMILES string of the molecule is CCc1ccc(N2C(=O)/C(=C\c3ccc(OC)cc3)N=C2c2ccccc2)cc1. The van der Waals surface area contributed by atoms with Gasteiger partial charge in [-0.3, -0.25) is 9.69 Å². The summed E-state index contributed by atoms with van der Waals surface area (Å²) in [5.41, 5.74) is 4.25. The van der Waals surface area contributed by atoms with E-state index >= 15 is 0 Å². The molecule has 0 saturated carbocycles. The summed E-state index contributed by atoms with van der Waals surface area (Å²) in [5, 5.41) is 0. The maximum absolute atomic E-state index is 13.3. The molecule has 29 heavy (non-hydrogen) atoms. The van der Waals surface area contributed by atoms with Crippen molar-refractivity contribution in [1.29, 1.82) is 0 Å². The molecular formula is C25H22N2O2. The summed E-state index contributed by atoms with van der Waals surface area (Å²) in [6.45, 7) is 2.11. The van der Waals surface area contributed by atoms with Crippen molar-refractivity contribution < 1.29 is 9.53 Å². The van der Waals surface area contributed by atoms with Gasteiger partial charge in [0.05, 0.1) is 12.8 Å². The van der Waals surface area contributed by atoms with Crippen molar-refractivity contribution in [1.82, 2.24) is 0 Å². The van der Waals surface area contributed by atoms with Crippen LogP contribution in [0.25, 0.3) is 6.08 Å². The van der Waals surface area contributed by atoms with Crippen molar-refractivity contribution in [3.8, 4) is 5.75 Å². The van der Waals surface area contributed by atoms with Gasteiger partial charge in [-0.05, 0) is 47.9 Å². The number of amides is 1. The van der Waals surface area contributed by atoms with Gasteiger partial charge in [-0.2, -0.15) is 0 Å². The molecule has 4 heteroatoms. The number of anilines is 1. The third kappa shape index (κ3) is 3.83. The fraction of sp³-hybridized carbons (Fsp3) is 0.120. The number of hydrogen-bond donors (Lipinski definition) is 0. The zero-order valence-corrected chi connectivity index (χ0v) is 16.5. The van der Waals surface area contributed by atoms with Crippen molar-refractivity contribution in [3.05, 3.63) is 101 Å². The molecule has 0 radical (unpaired) electrons. The Morgan fingerprint density at radius 2 is 1.62 bits per heavy atom. The van der Waals surface area contributed by atoms with Gasteiger partial charge < -0.3 is 4.74 Å². The molecule has 0 fully saturated rings. The Morgan fingerprint density at radius 1 is 0.931 bits per heavy atom. The molecule has 0 saturated heterocycles. The molecule has 1 aliphatic heterocycles. The fourth-order valence-electron chi connectivity index (χ4n) is 3.28. The molecule has 4 rings (SSSR count). The summed E-state index contributed by atoms with van der Waals surface area (Å²) in [7, 11) is 1.63. The van der Waals surface area contributed by atoms with E-state index in [2.05, 4.69) is 19.1 Å². The van der Waals surface area contributed by atoms with E-state index in [-0.39, 0.29) is 5.91 Å². The molecule has 1 heterocycles. The van der Waals surface area contributed by atoms with Crippen LogP contribution in [0.3, 0.4) is 0 Å². The van der Waals surface area contributed by atoms with Crippen LogP contribution < -0.4 is 9.64 Å². The number of carbonyl (C=O) groups is 1. The second kappa shape index (κ2) is 8.15. The van der Waals surface area contributed by atoms with Gasteiger partial charge in [-0.1, -0.05) is 61.5 Å². The summed E-state index contributed by atoms with van der Waals surface area (Å²) < 4.78 is 5.21. The maximum Gasteiger partial charge on any atom is 0.282 e. The van der Waals surface area contributed by atoms with Gasteiger partial charge in [0.2, 0.25) is 0 Å². The Balaban J connectivity index is 1.76. The lowest BCUT2D eigenvalue weighted by atomic mass is 10.1. The Bertz CT molecular complexity index is 1070. The van der Waals surface area contributed by atoms with Crippen LogP contribution in [-0.2, 0) is 11.2 Å². The number of carbonyl (C=O) groups excluding carboxylic acids is 1. The quantitative estimate of drug-likeness (QED) is 0.577. The highest BCUT2D eigenvalue weighted by atomic mass is 16.5. The van der Waals surface area contributed by atoms with Crippen LogP contribution in [0.2, 0.25) is 0 Å². The number of methoxy groups -OCH3 is 1. The highest BCUT2D eigenvalue weighted by Crippen LogP contribution is 2.28.